The largest absolute Gasteiger partial charge is 0.355 e. The summed E-state index contributed by atoms with van der Waals surface area (Å²) in [5.41, 5.74) is 8.58. The Morgan fingerprint density at radius 1 is 1.24 bits per heavy atom. The monoisotopic (exact) mass is 408 g/mol. The second kappa shape index (κ2) is 8.39. The van der Waals surface area contributed by atoms with E-state index in [4.69, 9.17) is 22.3 Å². The molecule has 1 saturated heterocycles. The molecule has 1 aliphatic heterocycles. The van der Waals surface area contributed by atoms with E-state index in [1.807, 2.05) is 55.5 Å². The van der Waals surface area contributed by atoms with Gasteiger partial charge in [-0.25, -0.2) is 4.98 Å². The number of hydrogen-bond acceptors (Lipinski definition) is 4. The third-order valence-corrected chi connectivity index (χ3v) is 5.75. The fourth-order valence-corrected chi connectivity index (χ4v) is 3.98. The van der Waals surface area contributed by atoms with Gasteiger partial charge in [0.05, 0.1) is 16.2 Å². The van der Waals surface area contributed by atoms with E-state index in [-0.39, 0.29) is 17.9 Å². The molecule has 5 nitrogen and oxygen atoms in total. The molecule has 1 aromatic heterocycles. The highest BCUT2D eigenvalue weighted by Crippen LogP contribution is 2.32. The number of nitrogens with zero attached hydrogens (tertiary/aromatic N) is 2. The molecular formula is C23H25ClN4O. The molecule has 3 aromatic rings. The molecule has 2 heterocycles. The van der Waals surface area contributed by atoms with Crippen LogP contribution in [0.3, 0.4) is 0 Å². The number of pyridine rings is 1. The summed E-state index contributed by atoms with van der Waals surface area (Å²) in [5.74, 6) is 0.669. The van der Waals surface area contributed by atoms with Crippen molar-refractivity contribution in [1.82, 2.24) is 4.98 Å². The number of nitrogens with two attached hydrogens (primary N) is 1. The fourth-order valence-electron chi connectivity index (χ4n) is 3.77. The number of rotatable bonds is 5. The van der Waals surface area contributed by atoms with Crippen LogP contribution in [0.1, 0.15) is 18.9 Å². The molecule has 0 aliphatic carbocycles. The number of carbonyl (C=O) groups excluding carboxylic acids is 1. The highest BCUT2D eigenvalue weighted by molar-refractivity contribution is 6.35. The molecule has 4 rings (SSSR count). The standard InChI is InChI=1S/C23H25ClN4O/c1-15(13-16-5-3-2-4-6-16)23(29)27-22-18-7-10-21(28-12-11-17(25)14-28)26-20(18)9-8-19(22)24/h2-10,15,17H,11-14,25H2,1H3,(H,27,29)/t15-,17+/m1/s1. The van der Waals surface area contributed by atoms with E-state index in [9.17, 15) is 4.79 Å². The number of benzene rings is 2. The van der Waals surface area contributed by atoms with Crippen LogP contribution in [0.5, 0.6) is 0 Å². The van der Waals surface area contributed by atoms with Crippen molar-refractivity contribution < 1.29 is 4.79 Å². The average Bonchev–Trinajstić information content (AvgIpc) is 3.16. The zero-order valence-electron chi connectivity index (χ0n) is 16.4. The van der Waals surface area contributed by atoms with Gasteiger partial charge in [0.2, 0.25) is 5.91 Å². The molecule has 150 valence electrons. The molecule has 2 aromatic carbocycles. The van der Waals surface area contributed by atoms with Gasteiger partial charge in [0, 0.05) is 30.4 Å². The van der Waals surface area contributed by atoms with Crippen LogP contribution < -0.4 is 16.0 Å². The Morgan fingerprint density at radius 2 is 2.03 bits per heavy atom. The van der Waals surface area contributed by atoms with Crippen LogP contribution in [0.15, 0.2) is 54.6 Å². The highest BCUT2D eigenvalue weighted by Gasteiger charge is 2.21. The summed E-state index contributed by atoms with van der Waals surface area (Å²) in [6, 6.07) is 17.8. The van der Waals surface area contributed by atoms with Crippen LogP contribution in [0.25, 0.3) is 10.9 Å². The molecule has 0 spiro atoms. The van der Waals surface area contributed by atoms with Gasteiger partial charge in [-0.15, -0.1) is 0 Å². The molecule has 0 radical (unpaired) electrons. The SMILES string of the molecule is C[C@H](Cc1ccccc1)C(=O)Nc1c(Cl)ccc2nc(N3CC[C@H](N)C3)ccc12. The van der Waals surface area contributed by atoms with Crippen LogP contribution >= 0.6 is 11.6 Å². The van der Waals surface area contributed by atoms with E-state index in [2.05, 4.69) is 10.2 Å². The number of amides is 1. The quantitative estimate of drug-likeness (QED) is 0.662. The minimum atomic E-state index is -0.179. The minimum absolute atomic E-state index is 0.0575. The van der Waals surface area contributed by atoms with Gasteiger partial charge in [-0.1, -0.05) is 48.9 Å². The van der Waals surface area contributed by atoms with Crippen molar-refractivity contribution in [1.29, 1.82) is 0 Å². The van der Waals surface area contributed by atoms with Crippen LogP contribution in [0, 0.1) is 5.92 Å². The van der Waals surface area contributed by atoms with E-state index < -0.39 is 0 Å². The summed E-state index contributed by atoms with van der Waals surface area (Å²) in [7, 11) is 0. The van der Waals surface area contributed by atoms with Crippen LogP contribution in [0.4, 0.5) is 11.5 Å². The second-order valence-corrected chi connectivity index (χ2v) is 8.14. The summed E-state index contributed by atoms with van der Waals surface area (Å²) < 4.78 is 0. The van der Waals surface area contributed by atoms with E-state index in [0.717, 1.165) is 41.8 Å². The fraction of sp³-hybridized carbons (Fsp3) is 0.304. The first-order valence-corrected chi connectivity index (χ1v) is 10.3. The van der Waals surface area contributed by atoms with Gasteiger partial charge in [0.1, 0.15) is 5.82 Å². The zero-order valence-corrected chi connectivity index (χ0v) is 17.2. The molecule has 2 atom stereocenters. The molecule has 1 fully saturated rings. The molecule has 1 amide bonds. The summed E-state index contributed by atoms with van der Waals surface area (Å²) in [6.45, 7) is 3.65. The van der Waals surface area contributed by atoms with Gasteiger partial charge < -0.3 is 16.0 Å². The number of carbonyl (C=O) groups is 1. The molecule has 3 N–H and O–H groups in total. The Bertz CT molecular complexity index is 1020. The lowest BCUT2D eigenvalue weighted by molar-refractivity contribution is -0.119. The molecule has 0 saturated carbocycles. The Hall–Kier alpha value is -2.63. The van der Waals surface area contributed by atoms with Crippen LogP contribution in [0.2, 0.25) is 5.02 Å². The maximum Gasteiger partial charge on any atom is 0.227 e. The Morgan fingerprint density at radius 3 is 2.76 bits per heavy atom. The first kappa shape index (κ1) is 19.7. The summed E-state index contributed by atoms with van der Waals surface area (Å²) in [5, 5.41) is 4.37. The first-order chi connectivity index (χ1) is 14.0. The summed E-state index contributed by atoms with van der Waals surface area (Å²) in [4.78, 5) is 19.8. The average molecular weight is 409 g/mol. The lowest BCUT2D eigenvalue weighted by atomic mass is 10.00. The van der Waals surface area contributed by atoms with E-state index in [1.165, 1.54) is 0 Å². The number of aromatic nitrogens is 1. The summed E-state index contributed by atoms with van der Waals surface area (Å²) >= 11 is 6.43. The Labute approximate surface area is 175 Å². The van der Waals surface area contributed by atoms with Crippen molar-refractivity contribution in [3.05, 3.63) is 65.2 Å². The maximum absolute atomic E-state index is 12.8. The van der Waals surface area contributed by atoms with Crippen molar-refractivity contribution >= 4 is 39.9 Å². The molecule has 6 heteroatoms. The van der Waals surface area contributed by atoms with Gasteiger partial charge in [0.15, 0.2) is 0 Å². The second-order valence-electron chi connectivity index (χ2n) is 7.73. The molecule has 29 heavy (non-hydrogen) atoms. The third-order valence-electron chi connectivity index (χ3n) is 5.43. The van der Waals surface area contributed by atoms with Gasteiger partial charge in [-0.2, -0.15) is 0 Å². The molecule has 0 unspecified atom stereocenters. The number of anilines is 2. The number of fused-ring (bicyclic) bond motifs is 1. The first-order valence-electron chi connectivity index (χ1n) is 9.96. The lowest BCUT2D eigenvalue weighted by Gasteiger charge is -2.19. The lowest BCUT2D eigenvalue weighted by Crippen LogP contribution is -2.26. The smallest absolute Gasteiger partial charge is 0.227 e. The van der Waals surface area contributed by atoms with Crippen molar-refractivity contribution in [2.24, 2.45) is 11.7 Å². The van der Waals surface area contributed by atoms with Gasteiger partial charge in [-0.05, 0) is 42.7 Å². The van der Waals surface area contributed by atoms with E-state index in [0.29, 0.717) is 17.1 Å². The Kier molecular flexibility index (Phi) is 5.69. The minimum Gasteiger partial charge on any atom is -0.355 e. The van der Waals surface area contributed by atoms with Crippen LogP contribution in [-0.2, 0) is 11.2 Å². The number of halogens is 1. The molecule has 1 aliphatic rings. The normalized spacial score (nSPS) is 17.5. The Balaban J connectivity index is 1.56. The van der Waals surface area contributed by atoms with E-state index in [1.54, 1.807) is 6.07 Å². The maximum atomic E-state index is 12.8. The molecule has 0 bridgehead atoms. The number of nitrogens with one attached hydrogen (secondary N) is 1. The highest BCUT2D eigenvalue weighted by atomic mass is 35.5. The van der Waals surface area contributed by atoms with Crippen molar-refractivity contribution in [3.8, 4) is 0 Å². The van der Waals surface area contributed by atoms with Gasteiger partial charge >= 0.3 is 0 Å². The predicted octanol–water partition coefficient (Wildman–Crippen LogP) is 4.24. The van der Waals surface area contributed by atoms with Gasteiger partial charge in [-0.3, -0.25) is 4.79 Å². The topological polar surface area (TPSA) is 71.2 Å². The van der Waals surface area contributed by atoms with Crippen molar-refractivity contribution in [2.75, 3.05) is 23.3 Å². The van der Waals surface area contributed by atoms with Gasteiger partial charge in [0.25, 0.3) is 0 Å². The van der Waals surface area contributed by atoms with Crippen molar-refractivity contribution in [3.63, 3.8) is 0 Å². The predicted molar refractivity (Wildman–Crippen MR) is 119 cm³/mol. The number of hydrogen-bond donors (Lipinski definition) is 2. The molecular weight excluding hydrogens is 384 g/mol. The van der Waals surface area contributed by atoms with Crippen molar-refractivity contribution in [2.45, 2.75) is 25.8 Å². The third kappa shape index (κ3) is 4.36. The summed E-state index contributed by atoms with van der Waals surface area (Å²) in [6.07, 6.45) is 1.65. The van der Waals surface area contributed by atoms with E-state index >= 15 is 0 Å². The van der Waals surface area contributed by atoms with Crippen LogP contribution in [-0.4, -0.2) is 30.0 Å². The zero-order chi connectivity index (χ0) is 20.4.